The molecule has 0 fully saturated rings. The second-order valence-corrected chi connectivity index (χ2v) is 5.94. The minimum absolute atomic E-state index is 0.305. The van der Waals surface area contributed by atoms with Crippen molar-refractivity contribution in [2.24, 2.45) is 0 Å². The zero-order valence-corrected chi connectivity index (χ0v) is 11.2. The number of benzene rings is 1. The first-order chi connectivity index (χ1) is 8.72. The van der Waals surface area contributed by atoms with Crippen LogP contribution in [0.5, 0.6) is 0 Å². The fourth-order valence-corrected chi connectivity index (χ4v) is 3.20. The van der Waals surface area contributed by atoms with E-state index in [4.69, 9.17) is 0 Å². The summed E-state index contributed by atoms with van der Waals surface area (Å²) in [6, 6.07) is 8.41. The Hall–Kier alpha value is -1.48. The quantitative estimate of drug-likeness (QED) is 0.841. The van der Waals surface area contributed by atoms with Crippen LogP contribution in [0.3, 0.4) is 0 Å². The third-order valence-electron chi connectivity index (χ3n) is 3.48. The average molecular weight is 257 g/mol. The standard InChI is InChI=1S/C15H15NOS/c1-10-16-13(9-18-10)8-14(17)7-12-6-11-4-2-3-5-15(11)12/h2-5,9,12H,6-8H2,1H3. The molecule has 1 heterocycles. The molecular formula is C15H15NOS. The Morgan fingerprint density at radius 1 is 1.44 bits per heavy atom. The van der Waals surface area contributed by atoms with Crippen molar-refractivity contribution in [2.75, 3.05) is 0 Å². The lowest BCUT2D eigenvalue weighted by molar-refractivity contribution is -0.118. The maximum Gasteiger partial charge on any atom is 0.139 e. The number of fused-ring (bicyclic) bond motifs is 1. The van der Waals surface area contributed by atoms with Crippen LogP contribution >= 0.6 is 11.3 Å². The van der Waals surface area contributed by atoms with Gasteiger partial charge in [0.1, 0.15) is 5.78 Å². The van der Waals surface area contributed by atoms with Gasteiger partial charge in [-0.25, -0.2) is 4.98 Å². The Labute approximate surface area is 111 Å². The third-order valence-corrected chi connectivity index (χ3v) is 4.30. The van der Waals surface area contributed by atoms with Crippen molar-refractivity contribution in [1.82, 2.24) is 4.98 Å². The van der Waals surface area contributed by atoms with Crippen LogP contribution in [-0.2, 0) is 17.6 Å². The van der Waals surface area contributed by atoms with Gasteiger partial charge in [0.15, 0.2) is 0 Å². The van der Waals surface area contributed by atoms with Gasteiger partial charge in [-0.1, -0.05) is 24.3 Å². The summed E-state index contributed by atoms with van der Waals surface area (Å²) in [5.41, 5.74) is 3.69. The molecule has 0 N–H and O–H groups in total. The molecule has 2 nitrogen and oxygen atoms in total. The SMILES string of the molecule is Cc1nc(CC(=O)CC2Cc3ccccc32)cs1. The molecule has 2 aromatic rings. The van der Waals surface area contributed by atoms with Gasteiger partial charge in [-0.3, -0.25) is 4.79 Å². The average Bonchev–Trinajstić information content (AvgIpc) is 2.72. The molecular weight excluding hydrogens is 242 g/mol. The van der Waals surface area contributed by atoms with E-state index in [1.807, 2.05) is 12.3 Å². The molecule has 1 aliphatic carbocycles. The fourth-order valence-electron chi connectivity index (χ4n) is 2.58. The van der Waals surface area contributed by atoms with Crippen LogP contribution < -0.4 is 0 Å². The highest BCUT2D eigenvalue weighted by molar-refractivity contribution is 7.09. The van der Waals surface area contributed by atoms with Gasteiger partial charge >= 0.3 is 0 Å². The van der Waals surface area contributed by atoms with E-state index in [2.05, 4.69) is 29.2 Å². The third kappa shape index (κ3) is 2.23. The molecule has 0 aliphatic heterocycles. The zero-order chi connectivity index (χ0) is 12.5. The summed E-state index contributed by atoms with van der Waals surface area (Å²) >= 11 is 1.61. The molecule has 1 aromatic heterocycles. The molecule has 0 radical (unpaired) electrons. The lowest BCUT2D eigenvalue weighted by atomic mass is 9.75. The van der Waals surface area contributed by atoms with E-state index in [9.17, 15) is 4.79 Å². The number of thiazole rings is 1. The number of nitrogens with zero attached hydrogens (tertiary/aromatic N) is 1. The van der Waals surface area contributed by atoms with Crippen LogP contribution in [0.1, 0.15) is 34.2 Å². The van der Waals surface area contributed by atoms with Crippen LogP contribution in [0.4, 0.5) is 0 Å². The van der Waals surface area contributed by atoms with Gasteiger partial charge in [0.25, 0.3) is 0 Å². The van der Waals surface area contributed by atoms with Gasteiger partial charge in [-0.15, -0.1) is 11.3 Å². The first-order valence-electron chi connectivity index (χ1n) is 6.23. The number of carbonyl (C=O) groups excluding carboxylic acids is 1. The largest absolute Gasteiger partial charge is 0.299 e. The van der Waals surface area contributed by atoms with E-state index in [1.165, 1.54) is 11.1 Å². The zero-order valence-electron chi connectivity index (χ0n) is 10.3. The van der Waals surface area contributed by atoms with Crippen LogP contribution in [-0.4, -0.2) is 10.8 Å². The fraction of sp³-hybridized carbons (Fsp3) is 0.333. The number of carbonyl (C=O) groups is 1. The molecule has 3 rings (SSSR count). The molecule has 1 unspecified atom stereocenters. The lowest BCUT2D eigenvalue weighted by Gasteiger charge is -2.29. The molecule has 0 amide bonds. The van der Waals surface area contributed by atoms with Crippen molar-refractivity contribution in [2.45, 2.75) is 32.1 Å². The summed E-state index contributed by atoms with van der Waals surface area (Å²) in [5.74, 6) is 0.744. The Kier molecular flexibility index (Phi) is 3.00. The van der Waals surface area contributed by atoms with Crippen molar-refractivity contribution >= 4 is 17.1 Å². The van der Waals surface area contributed by atoms with Crippen molar-refractivity contribution in [1.29, 1.82) is 0 Å². The number of aromatic nitrogens is 1. The summed E-state index contributed by atoms with van der Waals surface area (Å²) in [6.07, 6.45) is 2.20. The predicted octanol–water partition coefficient (Wildman–Crippen LogP) is 3.29. The highest BCUT2D eigenvalue weighted by atomic mass is 32.1. The van der Waals surface area contributed by atoms with E-state index in [-0.39, 0.29) is 0 Å². The maximum atomic E-state index is 12.0. The molecule has 92 valence electrons. The first kappa shape index (κ1) is 11.6. The van der Waals surface area contributed by atoms with Gasteiger partial charge in [0.2, 0.25) is 0 Å². The summed E-state index contributed by atoms with van der Waals surface area (Å²) in [7, 11) is 0. The van der Waals surface area contributed by atoms with Gasteiger partial charge in [0, 0.05) is 18.2 Å². The maximum absolute atomic E-state index is 12.0. The van der Waals surface area contributed by atoms with E-state index < -0.39 is 0 Å². The summed E-state index contributed by atoms with van der Waals surface area (Å²) in [5, 5.41) is 3.02. The van der Waals surface area contributed by atoms with E-state index in [0.29, 0.717) is 24.5 Å². The Bertz CT molecular complexity index is 588. The second kappa shape index (κ2) is 4.65. The molecule has 1 atom stereocenters. The predicted molar refractivity (Wildman–Crippen MR) is 73.1 cm³/mol. The molecule has 3 heteroatoms. The van der Waals surface area contributed by atoms with Crippen LogP contribution in [0.15, 0.2) is 29.6 Å². The van der Waals surface area contributed by atoms with Crippen LogP contribution in [0.2, 0.25) is 0 Å². The number of hydrogen-bond donors (Lipinski definition) is 0. The molecule has 1 aliphatic rings. The Morgan fingerprint density at radius 3 is 3.00 bits per heavy atom. The van der Waals surface area contributed by atoms with E-state index in [0.717, 1.165) is 17.1 Å². The Balaban J connectivity index is 1.60. The van der Waals surface area contributed by atoms with E-state index >= 15 is 0 Å². The highest BCUT2D eigenvalue weighted by Gasteiger charge is 2.27. The lowest BCUT2D eigenvalue weighted by Crippen LogP contribution is -2.20. The molecule has 0 saturated carbocycles. The number of rotatable bonds is 4. The van der Waals surface area contributed by atoms with Crippen LogP contribution in [0.25, 0.3) is 0 Å². The second-order valence-electron chi connectivity index (χ2n) is 4.88. The number of hydrogen-bond acceptors (Lipinski definition) is 3. The molecule has 0 saturated heterocycles. The topological polar surface area (TPSA) is 30.0 Å². The monoisotopic (exact) mass is 257 g/mol. The minimum Gasteiger partial charge on any atom is -0.299 e. The summed E-state index contributed by atoms with van der Waals surface area (Å²) in [6.45, 7) is 1.97. The van der Waals surface area contributed by atoms with Crippen molar-refractivity contribution in [3.05, 3.63) is 51.5 Å². The Morgan fingerprint density at radius 2 is 2.28 bits per heavy atom. The minimum atomic E-state index is 0.305. The summed E-state index contributed by atoms with van der Waals surface area (Å²) < 4.78 is 0. The number of aryl methyl sites for hydroxylation is 1. The molecule has 18 heavy (non-hydrogen) atoms. The highest BCUT2D eigenvalue weighted by Crippen LogP contribution is 2.37. The van der Waals surface area contributed by atoms with Crippen molar-refractivity contribution in [3.8, 4) is 0 Å². The van der Waals surface area contributed by atoms with Gasteiger partial charge < -0.3 is 0 Å². The van der Waals surface area contributed by atoms with Gasteiger partial charge in [0.05, 0.1) is 10.7 Å². The van der Waals surface area contributed by atoms with Gasteiger partial charge in [-0.2, -0.15) is 0 Å². The summed E-state index contributed by atoms with van der Waals surface area (Å²) in [4.78, 5) is 16.3. The van der Waals surface area contributed by atoms with Crippen LogP contribution in [0, 0.1) is 6.92 Å². The normalized spacial score (nSPS) is 17.1. The van der Waals surface area contributed by atoms with E-state index in [1.54, 1.807) is 11.3 Å². The van der Waals surface area contributed by atoms with Crippen molar-refractivity contribution in [3.63, 3.8) is 0 Å². The van der Waals surface area contributed by atoms with Crippen molar-refractivity contribution < 1.29 is 4.79 Å². The number of Topliss-reactive ketones (excluding diaryl/α,β-unsaturated/α-hetero) is 1. The number of ketones is 1. The van der Waals surface area contributed by atoms with Gasteiger partial charge in [-0.05, 0) is 30.4 Å². The molecule has 0 bridgehead atoms. The molecule has 1 aromatic carbocycles. The molecule has 0 spiro atoms. The first-order valence-corrected chi connectivity index (χ1v) is 7.11. The smallest absolute Gasteiger partial charge is 0.139 e.